The van der Waals surface area contributed by atoms with Gasteiger partial charge in [-0.1, -0.05) is 20.8 Å². The van der Waals surface area contributed by atoms with Gasteiger partial charge in [-0.15, -0.1) is 0 Å². The molecule has 0 aromatic carbocycles. The van der Waals surface area contributed by atoms with E-state index in [1.807, 2.05) is 13.8 Å². The van der Waals surface area contributed by atoms with Crippen LogP contribution >= 0.6 is 0 Å². The summed E-state index contributed by atoms with van der Waals surface area (Å²) in [4.78, 5) is 0. The predicted octanol–water partition coefficient (Wildman–Crippen LogP) is 1.80. The second-order valence-electron chi connectivity index (χ2n) is 5.30. The van der Waals surface area contributed by atoms with Crippen LogP contribution in [0.3, 0.4) is 0 Å². The van der Waals surface area contributed by atoms with E-state index < -0.39 is 0 Å². The zero-order valence-electron chi connectivity index (χ0n) is 10.8. The first kappa shape index (κ1) is 14.9. The molecule has 0 radical (unpaired) electrons. The SMILES string of the molecule is CC(C)OCCNC(CCO)C(C)(C)C. The number of hydrogen-bond acceptors (Lipinski definition) is 3. The highest BCUT2D eigenvalue weighted by Gasteiger charge is 2.23. The lowest BCUT2D eigenvalue weighted by Crippen LogP contribution is -2.42. The molecule has 0 aromatic rings. The summed E-state index contributed by atoms with van der Waals surface area (Å²) in [7, 11) is 0. The number of nitrogens with one attached hydrogen (secondary N) is 1. The standard InChI is InChI=1S/C12H27NO2/c1-10(2)15-9-7-13-11(6-8-14)12(3,4)5/h10-11,13-14H,6-9H2,1-5H3. The van der Waals surface area contributed by atoms with Gasteiger partial charge in [0.15, 0.2) is 0 Å². The average molecular weight is 217 g/mol. The zero-order valence-corrected chi connectivity index (χ0v) is 10.8. The highest BCUT2D eigenvalue weighted by molar-refractivity contribution is 4.79. The first-order valence-corrected chi connectivity index (χ1v) is 5.83. The number of aliphatic hydroxyl groups excluding tert-OH is 1. The maximum Gasteiger partial charge on any atom is 0.0594 e. The lowest BCUT2D eigenvalue weighted by Gasteiger charge is -2.31. The Bertz CT molecular complexity index is 152. The van der Waals surface area contributed by atoms with Gasteiger partial charge in [0.2, 0.25) is 0 Å². The lowest BCUT2D eigenvalue weighted by molar-refractivity contribution is 0.0747. The van der Waals surface area contributed by atoms with Gasteiger partial charge in [-0.3, -0.25) is 0 Å². The van der Waals surface area contributed by atoms with E-state index in [-0.39, 0.29) is 18.1 Å². The van der Waals surface area contributed by atoms with E-state index in [1.165, 1.54) is 0 Å². The van der Waals surface area contributed by atoms with Gasteiger partial charge >= 0.3 is 0 Å². The van der Waals surface area contributed by atoms with Crippen LogP contribution in [-0.2, 0) is 4.74 Å². The van der Waals surface area contributed by atoms with Crippen molar-refractivity contribution >= 4 is 0 Å². The summed E-state index contributed by atoms with van der Waals surface area (Å²) in [5.41, 5.74) is 0.181. The molecule has 0 bridgehead atoms. The third-order valence-corrected chi connectivity index (χ3v) is 2.41. The van der Waals surface area contributed by atoms with Crippen LogP contribution in [0.15, 0.2) is 0 Å². The molecule has 0 aromatic heterocycles. The maximum atomic E-state index is 8.97. The van der Waals surface area contributed by atoms with Gasteiger partial charge in [0, 0.05) is 19.2 Å². The molecule has 92 valence electrons. The molecule has 0 heterocycles. The van der Waals surface area contributed by atoms with Crippen molar-refractivity contribution in [1.29, 1.82) is 0 Å². The lowest BCUT2D eigenvalue weighted by atomic mass is 9.85. The van der Waals surface area contributed by atoms with Gasteiger partial charge < -0.3 is 15.2 Å². The summed E-state index contributed by atoms with van der Waals surface area (Å²) >= 11 is 0. The molecule has 0 rings (SSSR count). The molecule has 2 N–H and O–H groups in total. The summed E-state index contributed by atoms with van der Waals surface area (Å²) in [6.45, 7) is 12.4. The van der Waals surface area contributed by atoms with Crippen molar-refractivity contribution in [2.45, 2.75) is 53.2 Å². The van der Waals surface area contributed by atoms with Crippen molar-refractivity contribution in [3.63, 3.8) is 0 Å². The molecule has 0 spiro atoms. The van der Waals surface area contributed by atoms with Gasteiger partial charge in [-0.05, 0) is 25.7 Å². The molecule has 0 aliphatic rings. The Balaban J connectivity index is 3.77. The minimum absolute atomic E-state index is 0.181. The molecule has 0 aliphatic heterocycles. The quantitative estimate of drug-likeness (QED) is 0.639. The molecule has 0 aliphatic carbocycles. The fraction of sp³-hybridized carbons (Fsp3) is 1.00. The summed E-state index contributed by atoms with van der Waals surface area (Å²) in [6.07, 6.45) is 1.09. The highest BCUT2D eigenvalue weighted by atomic mass is 16.5. The second kappa shape index (κ2) is 7.20. The largest absolute Gasteiger partial charge is 0.396 e. The first-order chi connectivity index (χ1) is 6.88. The second-order valence-corrected chi connectivity index (χ2v) is 5.30. The van der Waals surface area contributed by atoms with E-state index in [9.17, 15) is 0 Å². The van der Waals surface area contributed by atoms with Gasteiger partial charge in [-0.25, -0.2) is 0 Å². The predicted molar refractivity (Wildman–Crippen MR) is 64.0 cm³/mol. The third-order valence-electron chi connectivity index (χ3n) is 2.41. The summed E-state index contributed by atoms with van der Waals surface area (Å²) < 4.78 is 5.46. The van der Waals surface area contributed by atoms with Gasteiger partial charge in [0.25, 0.3) is 0 Å². The molecule has 0 saturated heterocycles. The number of rotatable bonds is 7. The number of hydrogen-bond donors (Lipinski definition) is 2. The molecule has 0 amide bonds. The molecule has 0 saturated carbocycles. The molecule has 1 unspecified atom stereocenters. The van der Waals surface area contributed by atoms with Crippen LogP contribution in [0.4, 0.5) is 0 Å². The summed E-state index contributed by atoms with van der Waals surface area (Å²) in [5.74, 6) is 0. The number of aliphatic hydroxyl groups is 1. The van der Waals surface area contributed by atoms with Gasteiger partial charge in [0.05, 0.1) is 12.7 Å². The number of ether oxygens (including phenoxy) is 1. The maximum absolute atomic E-state index is 8.97. The Labute approximate surface area is 94.2 Å². The molecule has 3 heteroatoms. The van der Waals surface area contributed by atoms with E-state index >= 15 is 0 Å². The van der Waals surface area contributed by atoms with Crippen LogP contribution in [0.25, 0.3) is 0 Å². The summed E-state index contributed by atoms with van der Waals surface area (Å²) in [6, 6.07) is 0.346. The monoisotopic (exact) mass is 217 g/mol. The molecular weight excluding hydrogens is 190 g/mol. The van der Waals surface area contributed by atoms with E-state index in [2.05, 4.69) is 26.1 Å². The van der Waals surface area contributed by atoms with Crippen LogP contribution in [-0.4, -0.2) is 37.0 Å². The molecule has 1 atom stereocenters. The van der Waals surface area contributed by atoms with Crippen LogP contribution in [0.2, 0.25) is 0 Å². The fourth-order valence-corrected chi connectivity index (χ4v) is 1.50. The Hall–Kier alpha value is -0.120. The Morgan fingerprint density at radius 3 is 2.27 bits per heavy atom. The normalized spacial score (nSPS) is 14.6. The molecular formula is C12H27NO2. The topological polar surface area (TPSA) is 41.5 Å². The van der Waals surface area contributed by atoms with Crippen LogP contribution < -0.4 is 5.32 Å². The van der Waals surface area contributed by atoms with Crippen LogP contribution in [0, 0.1) is 5.41 Å². The van der Waals surface area contributed by atoms with E-state index in [1.54, 1.807) is 0 Å². The third kappa shape index (κ3) is 7.77. The molecule has 3 nitrogen and oxygen atoms in total. The van der Waals surface area contributed by atoms with E-state index in [0.29, 0.717) is 6.04 Å². The summed E-state index contributed by atoms with van der Waals surface area (Å²) in [5, 5.41) is 12.4. The van der Waals surface area contributed by atoms with Crippen molar-refractivity contribution in [2.24, 2.45) is 5.41 Å². The highest BCUT2D eigenvalue weighted by Crippen LogP contribution is 2.21. The van der Waals surface area contributed by atoms with Crippen molar-refractivity contribution in [3.8, 4) is 0 Å². The van der Waals surface area contributed by atoms with Crippen molar-refractivity contribution in [2.75, 3.05) is 19.8 Å². The molecule has 0 fully saturated rings. The minimum atomic E-state index is 0.181. The molecule has 15 heavy (non-hydrogen) atoms. The van der Waals surface area contributed by atoms with Crippen molar-refractivity contribution in [1.82, 2.24) is 5.32 Å². The zero-order chi connectivity index (χ0) is 11.9. The first-order valence-electron chi connectivity index (χ1n) is 5.83. The Morgan fingerprint density at radius 2 is 1.87 bits per heavy atom. The smallest absolute Gasteiger partial charge is 0.0594 e. The minimum Gasteiger partial charge on any atom is -0.396 e. The fourth-order valence-electron chi connectivity index (χ4n) is 1.50. The Kier molecular flexibility index (Phi) is 7.14. The average Bonchev–Trinajstić information content (AvgIpc) is 2.08. The van der Waals surface area contributed by atoms with Crippen molar-refractivity contribution < 1.29 is 9.84 Å². The van der Waals surface area contributed by atoms with Gasteiger partial charge in [0.1, 0.15) is 0 Å². The van der Waals surface area contributed by atoms with Crippen LogP contribution in [0.5, 0.6) is 0 Å². The van der Waals surface area contributed by atoms with E-state index in [4.69, 9.17) is 9.84 Å². The Morgan fingerprint density at radius 1 is 1.27 bits per heavy atom. The van der Waals surface area contributed by atoms with E-state index in [0.717, 1.165) is 19.6 Å². The van der Waals surface area contributed by atoms with Gasteiger partial charge in [-0.2, -0.15) is 0 Å². The van der Waals surface area contributed by atoms with Crippen molar-refractivity contribution in [3.05, 3.63) is 0 Å². The van der Waals surface area contributed by atoms with Crippen LogP contribution in [0.1, 0.15) is 41.0 Å².